The molecule has 1 aromatic carbocycles. The van der Waals surface area contributed by atoms with Gasteiger partial charge in [0.05, 0.1) is 6.42 Å². The number of halogens is 1. The number of carbonyl (C=O) groups excluding carboxylic acids is 4. The SMILES string of the molecule is CCCCCCCC(=O)N[C@H](CC(N)=O)C(=O)N[C@@H](C)CCC(=O)Oc1ccc(Br)cc1. The normalized spacial score (nSPS) is 12.5. The first-order chi connectivity index (χ1) is 15.2. The highest BCUT2D eigenvalue weighted by Crippen LogP contribution is 2.17. The summed E-state index contributed by atoms with van der Waals surface area (Å²) in [6.45, 7) is 3.86. The van der Waals surface area contributed by atoms with Crippen LogP contribution in [0.2, 0.25) is 0 Å². The van der Waals surface area contributed by atoms with E-state index in [1.54, 1.807) is 31.2 Å². The lowest BCUT2D eigenvalue weighted by molar-refractivity contribution is -0.135. The second-order valence-corrected chi connectivity index (χ2v) is 8.75. The summed E-state index contributed by atoms with van der Waals surface area (Å²) in [5, 5.41) is 5.33. The number of rotatable bonds is 15. The van der Waals surface area contributed by atoms with Crippen molar-refractivity contribution in [1.82, 2.24) is 10.6 Å². The highest BCUT2D eigenvalue weighted by molar-refractivity contribution is 9.10. The smallest absolute Gasteiger partial charge is 0.311 e. The van der Waals surface area contributed by atoms with Crippen molar-refractivity contribution < 1.29 is 23.9 Å². The number of ether oxygens (including phenoxy) is 1. The van der Waals surface area contributed by atoms with E-state index in [9.17, 15) is 19.2 Å². The molecule has 178 valence electrons. The summed E-state index contributed by atoms with van der Waals surface area (Å²) in [6, 6.07) is 5.49. The van der Waals surface area contributed by atoms with Crippen LogP contribution < -0.4 is 21.1 Å². The molecule has 3 amide bonds. The van der Waals surface area contributed by atoms with Crippen molar-refractivity contribution in [3.63, 3.8) is 0 Å². The number of carbonyl (C=O) groups is 4. The van der Waals surface area contributed by atoms with Gasteiger partial charge in [0.1, 0.15) is 11.8 Å². The molecule has 0 spiro atoms. The van der Waals surface area contributed by atoms with Crippen LogP contribution in [0.1, 0.15) is 71.6 Å². The van der Waals surface area contributed by atoms with Gasteiger partial charge < -0.3 is 21.1 Å². The molecule has 1 rings (SSSR count). The molecule has 4 N–H and O–H groups in total. The van der Waals surface area contributed by atoms with Gasteiger partial charge in [-0.1, -0.05) is 48.5 Å². The number of esters is 1. The number of amides is 3. The zero-order valence-electron chi connectivity index (χ0n) is 18.8. The lowest BCUT2D eigenvalue weighted by atomic mass is 10.1. The van der Waals surface area contributed by atoms with Crippen molar-refractivity contribution in [2.45, 2.75) is 83.7 Å². The molecule has 0 fully saturated rings. The van der Waals surface area contributed by atoms with E-state index in [2.05, 4.69) is 33.5 Å². The van der Waals surface area contributed by atoms with E-state index in [-0.39, 0.29) is 24.8 Å². The summed E-state index contributed by atoms with van der Waals surface area (Å²) in [5.74, 6) is -1.45. The maximum Gasteiger partial charge on any atom is 0.311 e. The van der Waals surface area contributed by atoms with Crippen molar-refractivity contribution in [3.05, 3.63) is 28.7 Å². The molecular formula is C23H34BrN3O5. The maximum absolute atomic E-state index is 12.6. The second kappa shape index (κ2) is 15.4. The topological polar surface area (TPSA) is 128 Å². The summed E-state index contributed by atoms with van der Waals surface area (Å²) >= 11 is 3.31. The van der Waals surface area contributed by atoms with Crippen molar-refractivity contribution >= 4 is 39.6 Å². The van der Waals surface area contributed by atoms with Crippen molar-refractivity contribution in [2.75, 3.05) is 0 Å². The summed E-state index contributed by atoms with van der Waals surface area (Å²) in [5.41, 5.74) is 5.24. The van der Waals surface area contributed by atoms with Crippen LogP contribution in [-0.4, -0.2) is 35.8 Å². The number of primary amides is 1. The molecule has 32 heavy (non-hydrogen) atoms. The van der Waals surface area contributed by atoms with E-state index in [1.807, 2.05) is 0 Å². The Morgan fingerprint density at radius 1 is 1.00 bits per heavy atom. The third-order valence-corrected chi connectivity index (χ3v) is 5.31. The zero-order chi connectivity index (χ0) is 23.9. The number of nitrogens with one attached hydrogen (secondary N) is 2. The minimum atomic E-state index is -1.03. The predicted octanol–water partition coefficient (Wildman–Crippen LogP) is 3.36. The largest absolute Gasteiger partial charge is 0.427 e. The van der Waals surface area contributed by atoms with Crippen molar-refractivity contribution in [1.29, 1.82) is 0 Å². The Labute approximate surface area is 198 Å². The molecule has 0 saturated heterocycles. The van der Waals surface area contributed by atoms with Crippen LogP contribution in [0.25, 0.3) is 0 Å². The van der Waals surface area contributed by atoms with Gasteiger partial charge in [-0.15, -0.1) is 0 Å². The minimum absolute atomic E-state index is 0.0993. The fourth-order valence-electron chi connectivity index (χ4n) is 3.00. The summed E-state index contributed by atoms with van der Waals surface area (Å²) < 4.78 is 6.13. The van der Waals surface area contributed by atoms with E-state index in [1.165, 1.54) is 0 Å². The van der Waals surface area contributed by atoms with Crippen LogP contribution >= 0.6 is 15.9 Å². The van der Waals surface area contributed by atoms with Gasteiger partial charge >= 0.3 is 5.97 Å². The molecule has 0 aromatic heterocycles. The lowest BCUT2D eigenvalue weighted by Gasteiger charge is -2.20. The highest BCUT2D eigenvalue weighted by atomic mass is 79.9. The average Bonchev–Trinajstić information content (AvgIpc) is 2.73. The van der Waals surface area contributed by atoms with E-state index in [4.69, 9.17) is 10.5 Å². The molecule has 9 heteroatoms. The van der Waals surface area contributed by atoms with Gasteiger partial charge in [-0.25, -0.2) is 0 Å². The molecule has 0 aliphatic rings. The number of nitrogens with two attached hydrogens (primary N) is 1. The van der Waals surface area contributed by atoms with Crippen LogP contribution in [0.15, 0.2) is 28.7 Å². The van der Waals surface area contributed by atoms with Gasteiger partial charge in [0.25, 0.3) is 0 Å². The molecule has 0 saturated carbocycles. The molecule has 8 nitrogen and oxygen atoms in total. The van der Waals surface area contributed by atoms with Gasteiger partial charge in [-0.05, 0) is 44.0 Å². The number of unbranched alkanes of at least 4 members (excludes halogenated alkanes) is 4. The fraction of sp³-hybridized carbons (Fsp3) is 0.565. The Morgan fingerprint density at radius 2 is 1.66 bits per heavy atom. The Hall–Kier alpha value is -2.42. The number of benzene rings is 1. The quantitative estimate of drug-likeness (QED) is 0.189. The predicted molar refractivity (Wildman–Crippen MR) is 126 cm³/mol. The first-order valence-electron chi connectivity index (χ1n) is 11.1. The molecule has 0 aliphatic carbocycles. The minimum Gasteiger partial charge on any atom is -0.427 e. The van der Waals surface area contributed by atoms with Crippen molar-refractivity contribution in [3.8, 4) is 5.75 Å². The monoisotopic (exact) mass is 511 g/mol. The van der Waals surface area contributed by atoms with E-state index in [0.29, 0.717) is 18.6 Å². The molecule has 0 unspecified atom stereocenters. The van der Waals surface area contributed by atoms with Crippen molar-refractivity contribution in [2.24, 2.45) is 5.73 Å². The first kappa shape index (κ1) is 27.6. The van der Waals surface area contributed by atoms with Crippen LogP contribution in [0.5, 0.6) is 5.75 Å². The Kier molecular flexibility index (Phi) is 13.3. The Morgan fingerprint density at radius 3 is 2.28 bits per heavy atom. The van der Waals surface area contributed by atoms with Gasteiger partial charge in [0.15, 0.2) is 0 Å². The van der Waals surface area contributed by atoms with Crippen LogP contribution in [0, 0.1) is 0 Å². The third-order valence-electron chi connectivity index (χ3n) is 4.78. The molecule has 1 aromatic rings. The Bertz CT molecular complexity index is 755. The zero-order valence-corrected chi connectivity index (χ0v) is 20.4. The first-order valence-corrected chi connectivity index (χ1v) is 11.8. The molecule has 0 bridgehead atoms. The van der Waals surface area contributed by atoms with Gasteiger partial charge in [-0.2, -0.15) is 0 Å². The molecule has 2 atom stereocenters. The standard InChI is InChI=1S/C23H34BrN3O5/c1-3-4-5-6-7-8-21(29)27-19(15-20(25)28)23(31)26-16(2)9-14-22(30)32-18-12-10-17(24)11-13-18/h10-13,16,19H,3-9,14-15H2,1-2H3,(H2,25,28)(H,26,31)(H,27,29)/t16-,19+/m0/s1. The summed E-state index contributed by atoms with van der Waals surface area (Å²) in [4.78, 5) is 48.1. The molecule has 0 radical (unpaired) electrons. The third kappa shape index (κ3) is 12.4. The molecule has 0 heterocycles. The van der Waals surface area contributed by atoms with Crippen LogP contribution in [-0.2, 0) is 19.2 Å². The van der Waals surface area contributed by atoms with E-state index >= 15 is 0 Å². The van der Waals surface area contributed by atoms with E-state index < -0.39 is 23.8 Å². The molecule has 0 aliphatic heterocycles. The van der Waals surface area contributed by atoms with Crippen LogP contribution in [0.4, 0.5) is 0 Å². The maximum atomic E-state index is 12.6. The number of hydrogen-bond donors (Lipinski definition) is 3. The average molecular weight is 512 g/mol. The number of hydrogen-bond acceptors (Lipinski definition) is 5. The van der Waals surface area contributed by atoms with Gasteiger partial charge in [0, 0.05) is 23.4 Å². The highest BCUT2D eigenvalue weighted by Gasteiger charge is 2.24. The summed E-state index contributed by atoms with van der Waals surface area (Å²) in [7, 11) is 0. The van der Waals surface area contributed by atoms with Gasteiger partial charge in [-0.3, -0.25) is 19.2 Å². The fourth-order valence-corrected chi connectivity index (χ4v) is 3.27. The van der Waals surface area contributed by atoms with E-state index in [0.717, 1.165) is 36.6 Å². The summed E-state index contributed by atoms with van der Waals surface area (Å²) in [6.07, 6.45) is 5.44. The van der Waals surface area contributed by atoms with Crippen LogP contribution in [0.3, 0.4) is 0 Å². The lowest BCUT2D eigenvalue weighted by Crippen LogP contribution is -2.50. The van der Waals surface area contributed by atoms with Gasteiger partial charge in [0.2, 0.25) is 17.7 Å². The second-order valence-electron chi connectivity index (χ2n) is 7.83. The molecular weight excluding hydrogens is 478 g/mol. The Balaban J connectivity index is 2.45.